The molecule has 0 aliphatic carbocycles. The molecule has 0 fully saturated rings. The van der Waals surface area contributed by atoms with Crippen molar-refractivity contribution in [2.45, 2.75) is 6.42 Å². The second-order valence-corrected chi connectivity index (χ2v) is 6.44. The topological polar surface area (TPSA) is 147 Å². The average molecular weight is 376 g/mol. The molecular formula is C17H45N9. The largest absolute Gasteiger partial charge is 0.330 e. The van der Waals surface area contributed by atoms with Crippen LogP contribution in [-0.2, 0) is 0 Å². The Kier molecular flexibility index (Phi) is 20.7. The molecule has 0 aromatic rings. The highest BCUT2D eigenvalue weighted by molar-refractivity contribution is 4.67. The van der Waals surface area contributed by atoms with Gasteiger partial charge < -0.3 is 38.9 Å². The fourth-order valence-corrected chi connectivity index (χ4v) is 2.67. The van der Waals surface area contributed by atoms with E-state index in [1.54, 1.807) is 0 Å². The van der Waals surface area contributed by atoms with E-state index in [-0.39, 0.29) is 0 Å². The molecular weight excluding hydrogens is 330 g/mol. The van der Waals surface area contributed by atoms with Gasteiger partial charge in [-0.1, -0.05) is 0 Å². The molecule has 0 aromatic carbocycles. The normalized spacial score (nSPS) is 11.8. The van der Waals surface area contributed by atoms with Gasteiger partial charge in [0.1, 0.15) is 0 Å². The molecule has 0 bridgehead atoms. The molecule has 0 aromatic heterocycles. The number of hydrogen-bond donors (Lipinski definition) is 7. The van der Waals surface area contributed by atoms with Crippen molar-refractivity contribution >= 4 is 0 Å². The number of nitrogens with zero attached hydrogens (tertiary/aromatic N) is 2. The minimum Gasteiger partial charge on any atom is -0.330 e. The summed E-state index contributed by atoms with van der Waals surface area (Å²) in [5.74, 6) is 0. The van der Waals surface area contributed by atoms with E-state index in [4.69, 9.17) is 22.9 Å². The smallest absolute Gasteiger partial charge is 0.0110 e. The zero-order chi connectivity index (χ0) is 19.3. The third kappa shape index (κ3) is 17.1. The number of hydrogen-bond acceptors (Lipinski definition) is 9. The molecule has 9 heteroatoms. The Morgan fingerprint density at radius 2 is 0.923 bits per heavy atom. The van der Waals surface area contributed by atoms with Crippen LogP contribution < -0.4 is 38.9 Å². The summed E-state index contributed by atoms with van der Waals surface area (Å²) in [6.07, 6.45) is 1.03. The van der Waals surface area contributed by atoms with Gasteiger partial charge in [-0.05, 0) is 19.5 Å². The Morgan fingerprint density at radius 3 is 1.42 bits per heavy atom. The quantitative estimate of drug-likeness (QED) is 0.102. The number of nitrogens with one attached hydrogen (secondary N) is 3. The molecule has 9 nitrogen and oxygen atoms in total. The van der Waals surface area contributed by atoms with Crippen molar-refractivity contribution < 1.29 is 0 Å². The molecule has 0 saturated carbocycles. The molecule has 0 atom stereocenters. The van der Waals surface area contributed by atoms with E-state index >= 15 is 0 Å². The summed E-state index contributed by atoms with van der Waals surface area (Å²) in [6.45, 7) is 14.5. The van der Waals surface area contributed by atoms with Crippen molar-refractivity contribution in [1.29, 1.82) is 0 Å². The van der Waals surface area contributed by atoms with E-state index in [0.29, 0.717) is 19.6 Å². The summed E-state index contributed by atoms with van der Waals surface area (Å²) in [5, 5.41) is 10.3. The molecule has 0 heterocycles. The van der Waals surface area contributed by atoms with Crippen LogP contribution in [0.1, 0.15) is 6.42 Å². The summed E-state index contributed by atoms with van der Waals surface area (Å²) in [6, 6.07) is 0. The predicted molar refractivity (Wildman–Crippen MR) is 112 cm³/mol. The zero-order valence-corrected chi connectivity index (χ0v) is 16.7. The van der Waals surface area contributed by atoms with Gasteiger partial charge in [0.2, 0.25) is 0 Å². The first-order valence-electron chi connectivity index (χ1n) is 10.2. The summed E-state index contributed by atoms with van der Waals surface area (Å²) < 4.78 is 0. The van der Waals surface area contributed by atoms with Crippen LogP contribution in [-0.4, -0.2) is 115 Å². The molecule has 0 unspecified atom stereocenters. The fraction of sp³-hybridized carbons (Fsp3) is 1.00. The predicted octanol–water partition coefficient (Wildman–Crippen LogP) is -3.42. The Bertz CT molecular complexity index is 263. The maximum Gasteiger partial charge on any atom is 0.0110 e. The lowest BCUT2D eigenvalue weighted by Crippen LogP contribution is -2.44. The lowest BCUT2D eigenvalue weighted by atomic mass is 10.3. The van der Waals surface area contributed by atoms with E-state index in [1.807, 2.05) is 0 Å². The fourth-order valence-electron chi connectivity index (χ4n) is 2.67. The zero-order valence-electron chi connectivity index (χ0n) is 16.7. The molecule has 26 heavy (non-hydrogen) atoms. The molecule has 11 N–H and O–H groups in total. The van der Waals surface area contributed by atoms with Crippen LogP contribution in [0.5, 0.6) is 0 Å². The van der Waals surface area contributed by atoms with E-state index in [9.17, 15) is 0 Å². The molecule has 0 amide bonds. The average Bonchev–Trinajstić information content (AvgIpc) is 2.64. The van der Waals surface area contributed by atoms with E-state index in [1.165, 1.54) is 0 Å². The molecule has 0 aliphatic rings. The van der Waals surface area contributed by atoms with E-state index in [2.05, 4.69) is 25.8 Å². The van der Waals surface area contributed by atoms with Crippen molar-refractivity contribution in [2.24, 2.45) is 22.9 Å². The van der Waals surface area contributed by atoms with Crippen LogP contribution in [0.15, 0.2) is 0 Å². The second kappa shape index (κ2) is 20.9. The van der Waals surface area contributed by atoms with Crippen molar-refractivity contribution in [3.05, 3.63) is 0 Å². The van der Waals surface area contributed by atoms with Crippen LogP contribution in [0.2, 0.25) is 0 Å². The van der Waals surface area contributed by atoms with Gasteiger partial charge in [0.05, 0.1) is 0 Å². The SMILES string of the molecule is NCCCNCCNCCN(CCNCCN)CCN(CCN)CCN. The van der Waals surface area contributed by atoms with Crippen LogP contribution >= 0.6 is 0 Å². The van der Waals surface area contributed by atoms with Crippen LogP contribution in [0.3, 0.4) is 0 Å². The van der Waals surface area contributed by atoms with Gasteiger partial charge in [-0.2, -0.15) is 0 Å². The standard InChI is InChI=1S/C17H45N9/c18-2-1-6-22-8-9-24-11-15-26(14-10-23-7-3-19)17-16-25(12-4-20)13-5-21/h22-24H,1-21H2. The molecule has 158 valence electrons. The number of nitrogens with two attached hydrogens (primary N) is 4. The van der Waals surface area contributed by atoms with Gasteiger partial charge in [-0.3, -0.25) is 9.80 Å². The van der Waals surface area contributed by atoms with Crippen LogP contribution in [0.25, 0.3) is 0 Å². The Hall–Kier alpha value is -0.360. The van der Waals surface area contributed by atoms with Gasteiger partial charge in [0.15, 0.2) is 0 Å². The molecule has 0 radical (unpaired) electrons. The highest BCUT2D eigenvalue weighted by Gasteiger charge is 2.08. The summed E-state index contributed by atoms with van der Waals surface area (Å²) in [4.78, 5) is 4.83. The van der Waals surface area contributed by atoms with Crippen molar-refractivity contribution in [3.63, 3.8) is 0 Å². The molecule has 0 saturated heterocycles. The Labute approximate surface area is 160 Å². The minimum absolute atomic E-state index is 0.677. The second-order valence-electron chi connectivity index (χ2n) is 6.44. The summed E-state index contributed by atoms with van der Waals surface area (Å²) >= 11 is 0. The van der Waals surface area contributed by atoms with Gasteiger partial charge >= 0.3 is 0 Å². The maximum absolute atomic E-state index is 5.70. The Balaban J connectivity index is 4.00. The van der Waals surface area contributed by atoms with Gasteiger partial charge in [-0.25, -0.2) is 0 Å². The minimum atomic E-state index is 0.677. The number of rotatable bonds is 21. The lowest BCUT2D eigenvalue weighted by Gasteiger charge is -2.27. The van der Waals surface area contributed by atoms with Gasteiger partial charge in [0, 0.05) is 91.6 Å². The first-order chi connectivity index (χ1) is 12.8. The van der Waals surface area contributed by atoms with Crippen molar-refractivity contribution in [1.82, 2.24) is 25.8 Å². The first-order valence-corrected chi connectivity index (χ1v) is 10.2. The maximum atomic E-state index is 5.70. The third-order valence-electron chi connectivity index (χ3n) is 4.19. The molecule has 0 rings (SSSR count). The molecule has 0 spiro atoms. The summed E-state index contributed by atoms with van der Waals surface area (Å²) in [7, 11) is 0. The van der Waals surface area contributed by atoms with Gasteiger partial charge in [0.25, 0.3) is 0 Å². The van der Waals surface area contributed by atoms with E-state index < -0.39 is 0 Å². The first kappa shape index (κ1) is 25.6. The van der Waals surface area contributed by atoms with Crippen molar-refractivity contribution in [2.75, 3.05) is 105 Å². The Morgan fingerprint density at radius 1 is 0.423 bits per heavy atom. The van der Waals surface area contributed by atoms with Gasteiger partial charge in [-0.15, -0.1) is 0 Å². The summed E-state index contributed by atoms with van der Waals surface area (Å²) in [5.41, 5.74) is 22.4. The third-order valence-corrected chi connectivity index (χ3v) is 4.19. The highest BCUT2D eigenvalue weighted by atomic mass is 15.2. The molecule has 0 aliphatic heterocycles. The lowest BCUT2D eigenvalue weighted by molar-refractivity contribution is 0.209. The highest BCUT2D eigenvalue weighted by Crippen LogP contribution is 1.92. The van der Waals surface area contributed by atoms with Crippen LogP contribution in [0, 0.1) is 0 Å². The van der Waals surface area contributed by atoms with E-state index in [0.717, 1.165) is 91.5 Å². The monoisotopic (exact) mass is 375 g/mol. The van der Waals surface area contributed by atoms with Crippen molar-refractivity contribution in [3.8, 4) is 0 Å². The van der Waals surface area contributed by atoms with Crippen LogP contribution in [0.4, 0.5) is 0 Å².